The first-order valence-electron chi connectivity index (χ1n) is 5.83. The molecule has 1 aromatic carbocycles. The maximum atomic E-state index is 10.8. The molecule has 0 saturated carbocycles. The molecule has 5 heteroatoms. The van der Waals surface area contributed by atoms with Crippen LogP contribution in [-0.2, 0) is 9.53 Å². The van der Waals surface area contributed by atoms with Crippen LogP contribution in [0, 0.1) is 0 Å². The van der Waals surface area contributed by atoms with Gasteiger partial charge in [-0.15, -0.1) is 0 Å². The number of halogens is 1. The molecule has 1 rings (SSSR count). The smallest absolute Gasteiger partial charge is 0.323 e. The number of carboxylic acids is 1. The van der Waals surface area contributed by atoms with Crippen LogP contribution >= 0.6 is 11.6 Å². The van der Waals surface area contributed by atoms with Crippen LogP contribution in [0.3, 0.4) is 0 Å². The van der Waals surface area contributed by atoms with Gasteiger partial charge in [-0.25, -0.2) is 0 Å². The fraction of sp³-hybridized carbons (Fsp3) is 0.462. The lowest BCUT2D eigenvalue weighted by Gasteiger charge is -2.23. The highest BCUT2D eigenvalue weighted by Gasteiger charge is 2.10. The second-order valence-electron chi connectivity index (χ2n) is 4.21. The van der Waals surface area contributed by atoms with E-state index in [0.717, 1.165) is 5.69 Å². The van der Waals surface area contributed by atoms with E-state index in [1.807, 2.05) is 13.8 Å². The van der Waals surface area contributed by atoms with Crippen LogP contribution in [0.25, 0.3) is 0 Å². The summed E-state index contributed by atoms with van der Waals surface area (Å²) in [5, 5.41) is 9.53. The molecule has 0 saturated heterocycles. The minimum absolute atomic E-state index is 0.0525. The zero-order valence-electron chi connectivity index (χ0n) is 10.6. The number of hydrogen-bond acceptors (Lipinski definition) is 3. The number of aliphatic carboxylic acids is 1. The molecule has 0 amide bonds. The summed E-state index contributed by atoms with van der Waals surface area (Å²) >= 11 is 5.81. The summed E-state index contributed by atoms with van der Waals surface area (Å²) in [5.74, 6) is -0.866. The minimum atomic E-state index is -0.866. The van der Waals surface area contributed by atoms with Crippen molar-refractivity contribution in [3.8, 4) is 0 Å². The number of hydrogen-bond donors (Lipinski definition) is 1. The molecule has 0 bridgehead atoms. The molecule has 0 aromatic heterocycles. The first kappa shape index (κ1) is 14.8. The van der Waals surface area contributed by atoms with Gasteiger partial charge in [-0.1, -0.05) is 11.6 Å². The average Bonchev–Trinajstić information content (AvgIpc) is 2.28. The van der Waals surface area contributed by atoms with Crippen molar-refractivity contribution >= 4 is 23.3 Å². The second-order valence-corrected chi connectivity index (χ2v) is 4.65. The fourth-order valence-electron chi connectivity index (χ4n) is 1.51. The topological polar surface area (TPSA) is 49.8 Å². The Morgan fingerprint density at radius 1 is 1.39 bits per heavy atom. The molecular weight excluding hydrogens is 254 g/mol. The predicted octanol–water partition coefficient (Wildman–Crippen LogP) is 2.66. The molecule has 1 aromatic rings. The van der Waals surface area contributed by atoms with Crippen LogP contribution in [0.2, 0.25) is 5.02 Å². The maximum Gasteiger partial charge on any atom is 0.323 e. The Morgan fingerprint density at radius 2 is 2.00 bits per heavy atom. The SMILES string of the molecule is CC(C)OCCN(CC(=O)O)c1ccc(Cl)cc1. The summed E-state index contributed by atoms with van der Waals surface area (Å²) in [6.45, 7) is 4.87. The van der Waals surface area contributed by atoms with Gasteiger partial charge in [-0.2, -0.15) is 0 Å². The fourth-order valence-corrected chi connectivity index (χ4v) is 1.64. The highest BCUT2D eigenvalue weighted by Crippen LogP contribution is 2.17. The second kappa shape index (κ2) is 7.24. The minimum Gasteiger partial charge on any atom is -0.480 e. The Kier molecular flexibility index (Phi) is 5.95. The largest absolute Gasteiger partial charge is 0.480 e. The highest BCUT2D eigenvalue weighted by atomic mass is 35.5. The summed E-state index contributed by atoms with van der Waals surface area (Å²) in [6, 6.07) is 7.10. The number of benzene rings is 1. The zero-order valence-corrected chi connectivity index (χ0v) is 11.4. The van der Waals surface area contributed by atoms with Gasteiger partial charge in [0.2, 0.25) is 0 Å². The Labute approximate surface area is 112 Å². The molecule has 0 atom stereocenters. The molecule has 0 aliphatic carbocycles. The van der Waals surface area contributed by atoms with Gasteiger partial charge in [0.15, 0.2) is 0 Å². The number of anilines is 1. The van der Waals surface area contributed by atoms with E-state index in [1.54, 1.807) is 29.2 Å². The third kappa shape index (κ3) is 5.38. The molecule has 0 unspecified atom stereocenters. The molecule has 18 heavy (non-hydrogen) atoms. The molecule has 0 spiro atoms. The molecule has 100 valence electrons. The van der Waals surface area contributed by atoms with Gasteiger partial charge in [0.05, 0.1) is 12.7 Å². The summed E-state index contributed by atoms with van der Waals surface area (Å²) in [6.07, 6.45) is 0.141. The van der Waals surface area contributed by atoms with E-state index in [1.165, 1.54) is 0 Å². The standard InChI is InChI=1S/C13H18ClNO3/c1-10(2)18-8-7-15(9-13(16)17)12-5-3-11(14)4-6-12/h3-6,10H,7-9H2,1-2H3,(H,16,17). The van der Waals surface area contributed by atoms with Crippen LogP contribution in [0.15, 0.2) is 24.3 Å². The van der Waals surface area contributed by atoms with Crippen molar-refractivity contribution in [1.29, 1.82) is 0 Å². The zero-order chi connectivity index (χ0) is 13.5. The summed E-state index contributed by atoms with van der Waals surface area (Å²) < 4.78 is 5.44. The predicted molar refractivity (Wildman–Crippen MR) is 72.4 cm³/mol. The quantitative estimate of drug-likeness (QED) is 0.828. The monoisotopic (exact) mass is 271 g/mol. The maximum absolute atomic E-state index is 10.8. The van der Waals surface area contributed by atoms with Crippen LogP contribution in [0.4, 0.5) is 5.69 Å². The molecule has 4 nitrogen and oxygen atoms in total. The average molecular weight is 272 g/mol. The first-order chi connectivity index (χ1) is 8.49. The number of carbonyl (C=O) groups is 1. The Bertz CT molecular complexity index is 378. The summed E-state index contributed by atoms with van der Waals surface area (Å²) in [4.78, 5) is 12.6. The lowest BCUT2D eigenvalue weighted by molar-refractivity contribution is -0.135. The van der Waals surface area contributed by atoms with Gasteiger partial charge in [-0.3, -0.25) is 4.79 Å². The number of nitrogens with zero attached hydrogens (tertiary/aromatic N) is 1. The van der Waals surface area contributed by atoms with E-state index in [-0.39, 0.29) is 12.6 Å². The highest BCUT2D eigenvalue weighted by molar-refractivity contribution is 6.30. The molecule has 0 fully saturated rings. The lowest BCUT2D eigenvalue weighted by Crippen LogP contribution is -2.33. The van der Waals surface area contributed by atoms with Gasteiger partial charge in [0.25, 0.3) is 0 Å². The Hall–Kier alpha value is -1.26. The Balaban J connectivity index is 2.65. The third-order valence-corrected chi connectivity index (χ3v) is 2.58. The van der Waals surface area contributed by atoms with Gasteiger partial charge in [0.1, 0.15) is 6.54 Å². The van der Waals surface area contributed by atoms with Crippen LogP contribution in [-0.4, -0.2) is 36.9 Å². The molecule has 0 heterocycles. The number of rotatable bonds is 7. The van der Waals surface area contributed by atoms with Gasteiger partial charge in [0, 0.05) is 17.3 Å². The van der Waals surface area contributed by atoms with Crippen molar-refractivity contribution < 1.29 is 14.6 Å². The van der Waals surface area contributed by atoms with Crippen LogP contribution in [0.5, 0.6) is 0 Å². The van der Waals surface area contributed by atoms with E-state index < -0.39 is 5.97 Å². The third-order valence-electron chi connectivity index (χ3n) is 2.33. The number of ether oxygens (including phenoxy) is 1. The van der Waals surface area contributed by atoms with Crippen LogP contribution in [0.1, 0.15) is 13.8 Å². The van der Waals surface area contributed by atoms with Crippen molar-refractivity contribution in [2.75, 3.05) is 24.6 Å². The van der Waals surface area contributed by atoms with Gasteiger partial charge >= 0.3 is 5.97 Å². The van der Waals surface area contributed by atoms with Gasteiger partial charge in [-0.05, 0) is 38.1 Å². The summed E-state index contributed by atoms with van der Waals surface area (Å²) in [7, 11) is 0. The molecule has 0 radical (unpaired) electrons. The van der Waals surface area contributed by atoms with E-state index in [9.17, 15) is 4.79 Å². The number of carboxylic acid groups (broad SMARTS) is 1. The molecule has 0 aliphatic heterocycles. The van der Waals surface area contributed by atoms with Crippen molar-refractivity contribution in [1.82, 2.24) is 0 Å². The van der Waals surface area contributed by atoms with Crippen LogP contribution < -0.4 is 4.90 Å². The van der Waals surface area contributed by atoms with E-state index in [4.69, 9.17) is 21.4 Å². The van der Waals surface area contributed by atoms with Gasteiger partial charge < -0.3 is 14.7 Å². The Morgan fingerprint density at radius 3 is 2.50 bits per heavy atom. The summed E-state index contributed by atoms with van der Waals surface area (Å²) in [5.41, 5.74) is 0.828. The normalized spacial score (nSPS) is 10.7. The lowest BCUT2D eigenvalue weighted by atomic mass is 10.3. The van der Waals surface area contributed by atoms with Crippen molar-refractivity contribution in [2.24, 2.45) is 0 Å². The van der Waals surface area contributed by atoms with E-state index in [2.05, 4.69) is 0 Å². The van der Waals surface area contributed by atoms with E-state index in [0.29, 0.717) is 18.2 Å². The molecule has 1 N–H and O–H groups in total. The first-order valence-corrected chi connectivity index (χ1v) is 6.20. The molecule has 0 aliphatic rings. The molecular formula is C13H18ClNO3. The van der Waals surface area contributed by atoms with Crippen molar-refractivity contribution in [3.05, 3.63) is 29.3 Å². The van der Waals surface area contributed by atoms with Crippen molar-refractivity contribution in [3.63, 3.8) is 0 Å². The van der Waals surface area contributed by atoms with Crippen molar-refractivity contribution in [2.45, 2.75) is 20.0 Å². The van der Waals surface area contributed by atoms with E-state index >= 15 is 0 Å².